The summed E-state index contributed by atoms with van der Waals surface area (Å²) in [6.45, 7) is 2.21. The largest absolute Gasteiger partial charge is 0.465 e. The summed E-state index contributed by atoms with van der Waals surface area (Å²) in [5, 5.41) is 17.0. The van der Waals surface area contributed by atoms with Gasteiger partial charge in [-0.05, 0) is 18.6 Å². The number of amides is 2. The summed E-state index contributed by atoms with van der Waals surface area (Å²) in [6, 6.07) is 1.51. The number of carboxylic acid groups (broad SMARTS) is 1. The predicted octanol–water partition coefficient (Wildman–Crippen LogP) is 0.754. The van der Waals surface area contributed by atoms with Crippen molar-refractivity contribution in [2.75, 3.05) is 13.1 Å². The minimum Gasteiger partial charge on any atom is -0.465 e. The number of carbonyl (C=O) groups is 2. The van der Waals surface area contributed by atoms with Crippen LogP contribution >= 0.6 is 0 Å². The summed E-state index contributed by atoms with van der Waals surface area (Å²) in [7, 11) is 0. The Balaban J connectivity index is 2.61. The van der Waals surface area contributed by atoms with E-state index in [2.05, 4.69) is 15.7 Å². The lowest BCUT2D eigenvalue weighted by atomic mass is 10.3. The molecule has 0 bridgehead atoms. The normalized spacial score (nSPS) is 11.2. The van der Waals surface area contributed by atoms with Crippen LogP contribution in [0.25, 0.3) is 0 Å². The Kier molecular flexibility index (Phi) is 5.52. The molecule has 0 saturated carbocycles. The first-order chi connectivity index (χ1) is 9.06. The van der Waals surface area contributed by atoms with Gasteiger partial charge in [0.25, 0.3) is 5.91 Å². The van der Waals surface area contributed by atoms with E-state index in [0.29, 0.717) is 12.9 Å². The van der Waals surface area contributed by atoms with Gasteiger partial charge in [-0.15, -0.1) is 0 Å². The molecule has 1 aromatic heterocycles. The highest BCUT2D eigenvalue weighted by molar-refractivity contribution is 5.92. The third-order valence-corrected chi connectivity index (χ3v) is 2.20. The fourth-order valence-electron chi connectivity index (χ4n) is 1.35. The zero-order valence-electron chi connectivity index (χ0n) is 10.4. The van der Waals surface area contributed by atoms with E-state index in [9.17, 15) is 14.0 Å². The van der Waals surface area contributed by atoms with E-state index in [1.54, 1.807) is 6.92 Å². The summed E-state index contributed by atoms with van der Waals surface area (Å²) in [6.07, 6.45) is 0.612. The Morgan fingerprint density at radius 2 is 2.26 bits per heavy atom. The minimum absolute atomic E-state index is 0.0657. The first kappa shape index (κ1) is 14.7. The second-order valence-corrected chi connectivity index (χ2v) is 3.68. The average molecular weight is 270 g/mol. The van der Waals surface area contributed by atoms with Gasteiger partial charge in [0.05, 0.1) is 12.9 Å². The maximum Gasteiger partial charge on any atom is 0.404 e. The molecule has 0 aliphatic carbocycles. The summed E-state index contributed by atoms with van der Waals surface area (Å²) < 4.78 is 13.9. The number of halogens is 1. The molecule has 8 heteroatoms. The van der Waals surface area contributed by atoms with Crippen LogP contribution in [0.3, 0.4) is 0 Å². The predicted molar refractivity (Wildman–Crippen MR) is 65.5 cm³/mol. The van der Waals surface area contributed by atoms with Gasteiger partial charge in [0.1, 0.15) is 5.69 Å². The van der Waals surface area contributed by atoms with Crippen LogP contribution in [0, 0.1) is 0 Å². The number of nitrogens with zero attached hydrogens (tertiary/aromatic N) is 2. The Bertz CT molecular complexity index is 484. The van der Waals surface area contributed by atoms with Crippen molar-refractivity contribution >= 4 is 12.0 Å². The third kappa shape index (κ3) is 4.78. The molecule has 1 heterocycles. The molecule has 1 aromatic rings. The highest BCUT2D eigenvalue weighted by atomic mass is 19.1. The zero-order chi connectivity index (χ0) is 14.3. The van der Waals surface area contributed by atoms with Gasteiger partial charge >= 0.3 is 6.09 Å². The molecule has 0 saturated heterocycles. The molecule has 2 amide bonds. The molecular formula is C11H15FN4O3. The Labute approximate surface area is 109 Å². The van der Waals surface area contributed by atoms with Crippen LogP contribution in [0.1, 0.15) is 17.4 Å². The molecule has 0 atom stereocenters. The quantitative estimate of drug-likeness (QED) is 0.710. The van der Waals surface area contributed by atoms with E-state index in [0.717, 1.165) is 0 Å². The maximum absolute atomic E-state index is 12.6. The number of nitrogens with one attached hydrogen (secondary N) is 2. The Hall–Kier alpha value is -2.38. The van der Waals surface area contributed by atoms with E-state index in [4.69, 9.17) is 5.11 Å². The van der Waals surface area contributed by atoms with Crippen molar-refractivity contribution < 1.29 is 19.1 Å². The second kappa shape index (κ2) is 7.14. The van der Waals surface area contributed by atoms with E-state index >= 15 is 0 Å². The van der Waals surface area contributed by atoms with E-state index in [-0.39, 0.29) is 30.3 Å². The fourth-order valence-corrected chi connectivity index (χ4v) is 1.35. The van der Waals surface area contributed by atoms with Gasteiger partial charge in [-0.3, -0.25) is 9.48 Å². The summed E-state index contributed by atoms with van der Waals surface area (Å²) in [5.74, 6) is -0.310. The monoisotopic (exact) mass is 270 g/mol. The third-order valence-electron chi connectivity index (χ3n) is 2.20. The number of carbonyl (C=O) groups excluding carboxylic acids is 1. The molecule has 104 valence electrons. The number of hydrogen-bond donors (Lipinski definition) is 3. The molecule has 0 radical (unpaired) electrons. The molecule has 0 aliphatic rings. The van der Waals surface area contributed by atoms with Gasteiger partial charge in [0.2, 0.25) is 0 Å². The topological polar surface area (TPSA) is 96.2 Å². The highest BCUT2D eigenvalue weighted by Gasteiger charge is 2.09. The van der Waals surface area contributed by atoms with Gasteiger partial charge in [0.15, 0.2) is 0 Å². The number of aromatic nitrogens is 2. The fraction of sp³-hybridized carbons (Fsp3) is 0.364. The Morgan fingerprint density at radius 3 is 2.84 bits per heavy atom. The van der Waals surface area contributed by atoms with Crippen molar-refractivity contribution in [1.29, 1.82) is 0 Å². The number of hydrogen-bond acceptors (Lipinski definition) is 3. The lowest BCUT2D eigenvalue weighted by Gasteiger charge is -2.06. The van der Waals surface area contributed by atoms with Crippen molar-refractivity contribution in [3.63, 3.8) is 0 Å². The van der Waals surface area contributed by atoms with Crippen molar-refractivity contribution in [2.45, 2.75) is 13.5 Å². The van der Waals surface area contributed by atoms with Crippen molar-refractivity contribution in [1.82, 2.24) is 20.4 Å². The highest BCUT2D eigenvalue weighted by Crippen LogP contribution is 2.02. The summed E-state index contributed by atoms with van der Waals surface area (Å²) in [4.78, 5) is 21.8. The lowest BCUT2D eigenvalue weighted by Crippen LogP contribution is -2.25. The molecule has 7 nitrogen and oxygen atoms in total. The molecule has 0 unspecified atom stereocenters. The molecule has 0 fully saturated rings. The lowest BCUT2D eigenvalue weighted by molar-refractivity contribution is 0.0950. The molecule has 0 spiro atoms. The first-order valence-electron chi connectivity index (χ1n) is 5.63. The van der Waals surface area contributed by atoms with Crippen molar-refractivity contribution in [3.05, 3.63) is 29.9 Å². The van der Waals surface area contributed by atoms with E-state index < -0.39 is 6.09 Å². The smallest absolute Gasteiger partial charge is 0.404 e. The molecule has 19 heavy (non-hydrogen) atoms. The van der Waals surface area contributed by atoms with Crippen LogP contribution in [0.15, 0.2) is 24.2 Å². The molecule has 0 aliphatic heterocycles. The SMILES string of the molecule is CCNC(=O)c1ccn(CC(=CF)CNC(=O)O)n1. The van der Waals surface area contributed by atoms with Crippen LogP contribution in [0.5, 0.6) is 0 Å². The van der Waals surface area contributed by atoms with Crippen LogP contribution in [-0.4, -0.2) is 40.0 Å². The number of rotatable bonds is 6. The Morgan fingerprint density at radius 1 is 1.53 bits per heavy atom. The standard InChI is InChI=1S/C11H15FN4O3/c1-2-13-10(17)9-3-4-16(15-9)7-8(5-12)6-14-11(18)19/h3-5,14H,2,6-7H2,1H3,(H,13,17)(H,18,19). The first-order valence-corrected chi connectivity index (χ1v) is 5.63. The van der Waals surface area contributed by atoms with Crippen LogP contribution in [0.4, 0.5) is 9.18 Å². The van der Waals surface area contributed by atoms with Crippen molar-refractivity contribution in [2.24, 2.45) is 0 Å². The van der Waals surface area contributed by atoms with Gasteiger partial charge < -0.3 is 15.7 Å². The summed E-state index contributed by atoms with van der Waals surface area (Å²) in [5.41, 5.74) is 0.430. The molecular weight excluding hydrogens is 255 g/mol. The molecule has 3 N–H and O–H groups in total. The second-order valence-electron chi connectivity index (χ2n) is 3.68. The van der Waals surface area contributed by atoms with Gasteiger partial charge in [0, 0.05) is 19.3 Å². The van der Waals surface area contributed by atoms with Crippen molar-refractivity contribution in [3.8, 4) is 0 Å². The van der Waals surface area contributed by atoms with Gasteiger partial charge in [-0.1, -0.05) is 0 Å². The van der Waals surface area contributed by atoms with Crippen LogP contribution in [-0.2, 0) is 6.54 Å². The van der Waals surface area contributed by atoms with Crippen LogP contribution < -0.4 is 10.6 Å². The maximum atomic E-state index is 12.6. The molecule has 1 rings (SSSR count). The zero-order valence-corrected chi connectivity index (χ0v) is 10.4. The van der Waals surface area contributed by atoms with Gasteiger partial charge in [-0.25, -0.2) is 9.18 Å². The van der Waals surface area contributed by atoms with Gasteiger partial charge in [-0.2, -0.15) is 5.10 Å². The van der Waals surface area contributed by atoms with E-state index in [1.807, 2.05) is 0 Å². The molecule has 0 aromatic carbocycles. The minimum atomic E-state index is -1.23. The summed E-state index contributed by atoms with van der Waals surface area (Å²) >= 11 is 0. The van der Waals surface area contributed by atoms with E-state index in [1.165, 1.54) is 16.9 Å². The van der Waals surface area contributed by atoms with Crippen LogP contribution in [0.2, 0.25) is 0 Å². The average Bonchev–Trinajstić information content (AvgIpc) is 2.83.